The molecule has 2 amide bonds. The van der Waals surface area contributed by atoms with Crippen molar-refractivity contribution in [2.24, 2.45) is 0 Å². The molecule has 1 unspecified atom stereocenters. The molecule has 1 aromatic carbocycles. The van der Waals surface area contributed by atoms with E-state index < -0.39 is 0 Å². The summed E-state index contributed by atoms with van der Waals surface area (Å²) in [6.07, 6.45) is 3.57. The molecular formula is C21H28N4O3S. The van der Waals surface area contributed by atoms with Gasteiger partial charge in [0.2, 0.25) is 11.8 Å². The molecule has 0 saturated carbocycles. The van der Waals surface area contributed by atoms with Gasteiger partial charge in [0.05, 0.1) is 0 Å². The second-order valence-corrected chi connectivity index (χ2v) is 8.23. The van der Waals surface area contributed by atoms with Gasteiger partial charge in [-0.2, -0.15) is 0 Å². The molecule has 7 nitrogen and oxygen atoms in total. The maximum atomic E-state index is 12.3. The Hall–Kier alpha value is -2.29. The second-order valence-electron chi connectivity index (χ2n) is 7.33. The average Bonchev–Trinajstić information content (AvgIpc) is 3.25. The lowest BCUT2D eigenvalue weighted by Gasteiger charge is -2.40. The molecule has 0 spiro atoms. The first-order valence-electron chi connectivity index (χ1n) is 9.93. The predicted molar refractivity (Wildman–Crippen MR) is 114 cm³/mol. The molecule has 29 heavy (non-hydrogen) atoms. The number of anilines is 1. The zero-order chi connectivity index (χ0) is 20.5. The molecule has 1 aliphatic rings. The maximum absolute atomic E-state index is 12.3. The van der Waals surface area contributed by atoms with Crippen LogP contribution in [-0.2, 0) is 14.3 Å². The summed E-state index contributed by atoms with van der Waals surface area (Å²) in [7, 11) is 0. The van der Waals surface area contributed by atoms with Crippen LogP contribution in [-0.4, -0.2) is 42.1 Å². The topological polar surface area (TPSA) is 92.3 Å². The Kier molecular flexibility index (Phi) is 7.74. The molecule has 1 atom stereocenters. The van der Waals surface area contributed by atoms with Gasteiger partial charge < -0.3 is 20.7 Å². The third kappa shape index (κ3) is 6.62. The molecule has 8 heteroatoms. The number of hydrogen-bond donors (Lipinski definition) is 3. The predicted octanol–water partition coefficient (Wildman–Crippen LogP) is 2.88. The van der Waals surface area contributed by atoms with Crippen molar-refractivity contribution < 1.29 is 14.3 Å². The summed E-state index contributed by atoms with van der Waals surface area (Å²) >= 11 is 1.35. The highest BCUT2D eigenvalue weighted by atomic mass is 32.1. The van der Waals surface area contributed by atoms with Gasteiger partial charge in [-0.3, -0.25) is 9.59 Å². The van der Waals surface area contributed by atoms with Crippen molar-refractivity contribution in [2.75, 3.05) is 25.1 Å². The van der Waals surface area contributed by atoms with Gasteiger partial charge in [0, 0.05) is 55.8 Å². The highest BCUT2D eigenvalue weighted by Gasteiger charge is 2.34. The van der Waals surface area contributed by atoms with E-state index in [4.69, 9.17) is 4.74 Å². The second kappa shape index (κ2) is 10.5. The summed E-state index contributed by atoms with van der Waals surface area (Å²) in [4.78, 5) is 28.3. The molecule has 3 N–H and O–H groups in total. The number of hydrogen-bond acceptors (Lipinski definition) is 6. The van der Waals surface area contributed by atoms with E-state index in [1.807, 2.05) is 18.2 Å². The zero-order valence-corrected chi connectivity index (χ0v) is 17.5. The number of aromatic nitrogens is 1. The van der Waals surface area contributed by atoms with Gasteiger partial charge in [0.1, 0.15) is 0 Å². The van der Waals surface area contributed by atoms with Crippen LogP contribution in [0, 0.1) is 0 Å². The molecule has 1 aliphatic heterocycles. The summed E-state index contributed by atoms with van der Waals surface area (Å²) < 4.78 is 5.54. The third-order valence-corrected chi connectivity index (χ3v) is 5.84. The number of nitrogens with one attached hydrogen (secondary N) is 3. The number of carbonyl (C=O) groups is 2. The van der Waals surface area contributed by atoms with Crippen molar-refractivity contribution in [3.05, 3.63) is 47.5 Å². The quantitative estimate of drug-likeness (QED) is 0.585. The van der Waals surface area contributed by atoms with Gasteiger partial charge in [0.15, 0.2) is 5.13 Å². The van der Waals surface area contributed by atoms with Crippen LogP contribution >= 0.6 is 11.3 Å². The number of carbonyl (C=O) groups excluding carboxylic acids is 2. The standard InChI is InChI=1S/C21H28N4O3S/c1-16(17-5-3-2-4-6-17)25-21(9-12-28-13-10-21)15-23-18(26)7-8-19(27)24-20-22-11-14-29-20/h2-6,11,14,16,25H,7-10,12-13,15H2,1H3,(H,23,26)(H,22,24,27). The summed E-state index contributed by atoms with van der Waals surface area (Å²) in [5.41, 5.74) is 0.996. The molecular weight excluding hydrogens is 388 g/mol. The first-order chi connectivity index (χ1) is 14.1. The molecule has 0 aliphatic carbocycles. The van der Waals surface area contributed by atoms with Crippen LogP contribution in [0.15, 0.2) is 41.9 Å². The van der Waals surface area contributed by atoms with Crippen molar-refractivity contribution in [3.8, 4) is 0 Å². The van der Waals surface area contributed by atoms with E-state index in [2.05, 4.69) is 40.0 Å². The van der Waals surface area contributed by atoms with Crippen LogP contribution in [0.5, 0.6) is 0 Å². The van der Waals surface area contributed by atoms with Crippen LogP contribution in [0.25, 0.3) is 0 Å². The third-order valence-electron chi connectivity index (χ3n) is 5.15. The number of thiazole rings is 1. The molecule has 1 aromatic heterocycles. The smallest absolute Gasteiger partial charge is 0.226 e. The molecule has 0 radical (unpaired) electrons. The van der Waals surface area contributed by atoms with Crippen LogP contribution < -0.4 is 16.0 Å². The fraction of sp³-hybridized carbons (Fsp3) is 0.476. The Morgan fingerprint density at radius 2 is 1.90 bits per heavy atom. The SMILES string of the molecule is CC(NC1(CNC(=O)CCC(=O)Nc2nccs2)CCOCC1)c1ccccc1. The largest absolute Gasteiger partial charge is 0.381 e. The van der Waals surface area contributed by atoms with E-state index >= 15 is 0 Å². The van der Waals surface area contributed by atoms with Gasteiger partial charge >= 0.3 is 0 Å². The monoisotopic (exact) mass is 416 g/mol. The van der Waals surface area contributed by atoms with E-state index in [0.717, 1.165) is 12.8 Å². The summed E-state index contributed by atoms with van der Waals surface area (Å²) in [5, 5.41) is 11.8. The van der Waals surface area contributed by atoms with Gasteiger partial charge in [-0.05, 0) is 25.3 Å². The van der Waals surface area contributed by atoms with E-state index in [1.54, 1.807) is 11.6 Å². The molecule has 3 rings (SSSR count). The lowest BCUT2D eigenvalue weighted by atomic mass is 9.88. The van der Waals surface area contributed by atoms with Crippen LogP contribution in [0.3, 0.4) is 0 Å². The fourth-order valence-corrected chi connectivity index (χ4v) is 4.01. The Morgan fingerprint density at radius 3 is 2.59 bits per heavy atom. The summed E-state index contributed by atoms with van der Waals surface area (Å²) in [6, 6.07) is 10.4. The average molecular weight is 417 g/mol. The first-order valence-corrected chi connectivity index (χ1v) is 10.8. The number of rotatable bonds is 9. The minimum atomic E-state index is -0.216. The summed E-state index contributed by atoms with van der Waals surface area (Å²) in [6.45, 7) is 3.99. The van der Waals surface area contributed by atoms with Gasteiger partial charge in [-0.25, -0.2) is 4.98 Å². The molecule has 2 heterocycles. The number of ether oxygens (including phenoxy) is 1. The minimum absolute atomic E-state index is 0.126. The van der Waals surface area contributed by atoms with Gasteiger partial charge in [-0.15, -0.1) is 11.3 Å². The lowest BCUT2D eigenvalue weighted by molar-refractivity contribution is -0.124. The Bertz CT molecular complexity index is 776. The van der Waals surface area contributed by atoms with Gasteiger partial charge in [0.25, 0.3) is 0 Å². The lowest BCUT2D eigenvalue weighted by Crippen LogP contribution is -2.57. The Balaban J connectivity index is 1.49. The number of nitrogens with zero attached hydrogens (tertiary/aromatic N) is 1. The highest BCUT2D eigenvalue weighted by molar-refractivity contribution is 7.13. The molecule has 2 aromatic rings. The maximum Gasteiger partial charge on any atom is 0.226 e. The minimum Gasteiger partial charge on any atom is -0.381 e. The Labute approximate surface area is 175 Å². The van der Waals surface area contributed by atoms with E-state index in [-0.39, 0.29) is 36.2 Å². The first kappa shape index (κ1) is 21.4. The molecule has 1 saturated heterocycles. The zero-order valence-electron chi connectivity index (χ0n) is 16.6. The Morgan fingerprint density at radius 1 is 1.17 bits per heavy atom. The molecule has 0 bridgehead atoms. The van der Waals surface area contributed by atoms with Crippen LogP contribution in [0.2, 0.25) is 0 Å². The highest BCUT2D eigenvalue weighted by Crippen LogP contribution is 2.25. The van der Waals surface area contributed by atoms with Gasteiger partial charge in [-0.1, -0.05) is 30.3 Å². The fourth-order valence-electron chi connectivity index (χ4n) is 3.47. The van der Waals surface area contributed by atoms with Crippen LogP contribution in [0.1, 0.15) is 44.2 Å². The van der Waals surface area contributed by atoms with Crippen molar-refractivity contribution in [2.45, 2.75) is 44.2 Å². The van der Waals surface area contributed by atoms with E-state index in [0.29, 0.717) is 24.9 Å². The van der Waals surface area contributed by atoms with Crippen LogP contribution in [0.4, 0.5) is 5.13 Å². The van der Waals surface area contributed by atoms with E-state index in [9.17, 15) is 9.59 Å². The number of amides is 2. The van der Waals surface area contributed by atoms with Crippen molar-refractivity contribution >= 4 is 28.3 Å². The van der Waals surface area contributed by atoms with Crippen molar-refractivity contribution in [1.29, 1.82) is 0 Å². The number of benzene rings is 1. The van der Waals surface area contributed by atoms with Crippen molar-refractivity contribution in [1.82, 2.24) is 15.6 Å². The normalized spacial score (nSPS) is 16.7. The molecule has 1 fully saturated rings. The summed E-state index contributed by atoms with van der Waals surface area (Å²) in [5.74, 6) is -0.328. The van der Waals surface area contributed by atoms with Crippen molar-refractivity contribution in [3.63, 3.8) is 0 Å². The van der Waals surface area contributed by atoms with E-state index in [1.165, 1.54) is 16.9 Å². The molecule has 156 valence electrons.